The lowest BCUT2D eigenvalue weighted by molar-refractivity contribution is 0.0968. The van der Waals surface area contributed by atoms with E-state index < -0.39 is 12.1 Å². The van der Waals surface area contributed by atoms with Crippen LogP contribution in [0.2, 0.25) is 15.1 Å². The minimum absolute atomic E-state index is 0.0619. The predicted octanol–water partition coefficient (Wildman–Crippen LogP) is 6.34. The summed E-state index contributed by atoms with van der Waals surface area (Å²) in [6.07, 6.45) is 0.719. The highest BCUT2D eigenvalue weighted by Gasteiger charge is 2.34. The van der Waals surface area contributed by atoms with Crippen LogP contribution in [0.15, 0.2) is 65.4 Å². The van der Waals surface area contributed by atoms with Gasteiger partial charge in [-0.15, -0.1) is 0 Å². The Morgan fingerprint density at radius 3 is 2.29 bits per heavy atom. The van der Waals surface area contributed by atoms with Crippen molar-refractivity contribution in [2.75, 3.05) is 4.90 Å². The molecule has 196 valence electrons. The molecule has 1 unspecified atom stereocenters. The lowest BCUT2D eigenvalue weighted by atomic mass is 9.99. The molecule has 0 radical (unpaired) electrons. The quantitative estimate of drug-likeness (QED) is 0.229. The van der Waals surface area contributed by atoms with Gasteiger partial charge in [0.05, 0.1) is 27.5 Å². The fraction of sp³-hybridized carbons (Fsp3) is 0.154. The number of halogens is 4. The summed E-state index contributed by atoms with van der Waals surface area (Å²) >= 11 is 23.0. The molecule has 0 bridgehead atoms. The normalized spacial score (nSPS) is 12.0. The topological polar surface area (TPSA) is 120 Å². The molecule has 0 aliphatic rings. The number of pyridine rings is 1. The first kappa shape index (κ1) is 28.1. The monoisotopic (exact) mass is 634 g/mol. The van der Waals surface area contributed by atoms with E-state index in [4.69, 9.17) is 46.3 Å². The van der Waals surface area contributed by atoms with E-state index in [0.717, 1.165) is 0 Å². The van der Waals surface area contributed by atoms with Crippen molar-refractivity contribution in [2.24, 2.45) is 17.4 Å². The Hall–Kier alpha value is -2.95. The van der Waals surface area contributed by atoms with Crippen molar-refractivity contribution in [2.45, 2.75) is 20.0 Å². The van der Waals surface area contributed by atoms with Crippen molar-refractivity contribution in [3.8, 4) is 16.9 Å². The van der Waals surface area contributed by atoms with Crippen molar-refractivity contribution in [1.29, 1.82) is 0 Å². The molecule has 2 aromatic carbocycles. The van der Waals surface area contributed by atoms with Gasteiger partial charge in [-0.05, 0) is 58.2 Å². The zero-order valence-electron chi connectivity index (χ0n) is 20.2. The van der Waals surface area contributed by atoms with E-state index in [1.165, 1.54) is 21.8 Å². The molecule has 38 heavy (non-hydrogen) atoms. The Labute approximate surface area is 242 Å². The first-order valence-electron chi connectivity index (χ1n) is 11.4. The van der Waals surface area contributed by atoms with Gasteiger partial charge in [-0.1, -0.05) is 66.8 Å². The van der Waals surface area contributed by atoms with Gasteiger partial charge in [0.2, 0.25) is 0 Å². The number of amides is 2. The molecule has 8 nitrogen and oxygen atoms in total. The molecule has 0 saturated heterocycles. The molecule has 2 aromatic heterocycles. The van der Waals surface area contributed by atoms with E-state index in [2.05, 4.69) is 26.0 Å². The maximum absolute atomic E-state index is 13.9. The van der Waals surface area contributed by atoms with E-state index in [1.807, 2.05) is 13.8 Å². The summed E-state index contributed by atoms with van der Waals surface area (Å²) in [7, 11) is 0. The molecule has 0 aliphatic heterocycles. The van der Waals surface area contributed by atoms with Gasteiger partial charge >= 0.3 is 0 Å². The lowest BCUT2D eigenvalue weighted by Crippen LogP contribution is -2.49. The second-order valence-electron chi connectivity index (χ2n) is 8.66. The van der Waals surface area contributed by atoms with Crippen LogP contribution in [-0.2, 0) is 0 Å². The number of carbonyl (C=O) groups excluding carboxylic acids is 2. The van der Waals surface area contributed by atoms with Crippen LogP contribution in [0, 0.1) is 5.92 Å². The van der Waals surface area contributed by atoms with Crippen LogP contribution >= 0.6 is 50.7 Å². The molecule has 2 amide bonds. The maximum Gasteiger partial charge on any atom is 0.268 e. The van der Waals surface area contributed by atoms with Crippen LogP contribution in [0.5, 0.6) is 0 Å². The summed E-state index contributed by atoms with van der Waals surface area (Å²) in [4.78, 5) is 32.4. The number of carbonyl (C=O) groups is 2. The van der Waals surface area contributed by atoms with Gasteiger partial charge < -0.3 is 11.5 Å². The number of aromatic nitrogens is 3. The molecule has 4 aromatic rings. The standard InChI is InChI=1S/C26H22BrCl3N6O2/c1-13(2)23(31)35(26(38)14-7-4-3-5-8-14)18-12-15(28)11-17(30)19(18)20-21(24(32)37)36(34-22(20)27)25-16(29)9-6-10-33-25/h3-13,23H,31H2,1-2H3,(H2,32,37). The number of primary amides is 1. The lowest BCUT2D eigenvalue weighted by Gasteiger charge is -2.33. The van der Waals surface area contributed by atoms with Crippen LogP contribution < -0.4 is 16.4 Å². The smallest absolute Gasteiger partial charge is 0.268 e. The van der Waals surface area contributed by atoms with Crippen LogP contribution in [0.3, 0.4) is 0 Å². The number of nitrogens with zero attached hydrogens (tertiary/aromatic N) is 4. The van der Waals surface area contributed by atoms with Crippen LogP contribution in [0.1, 0.15) is 34.7 Å². The zero-order chi connectivity index (χ0) is 27.7. The van der Waals surface area contributed by atoms with Crippen LogP contribution in [0.25, 0.3) is 16.9 Å². The average Bonchev–Trinajstić information content (AvgIpc) is 3.21. The van der Waals surface area contributed by atoms with E-state index >= 15 is 0 Å². The highest BCUT2D eigenvalue weighted by atomic mass is 79.9. The Kier molecular flexibility index (Phi) is 8.44. The SMILES string of the molecule is CC(C)C(N)N(C(=O)c1ccccc1)c1cc(Cl)cc(Cl)c1-c1c(Br)nn(-c2ncccc2Cl)c1C(N)=O. The van der Waals surface area contributed by atoms with Gasteiger partial charge in [-0.2, -0.15) is 5.10 Å². The summed E-state index contributed by atoms with van der Waals surface area (Å²) in [5, 5.41) is 5.08. The summed E-state index contributed by atoms with van der Waals surface area (Å²) in [6.45, 7) is 3.77. The molecule has 0 saturated carbocycles. The minimum atomic E-state index is -0.828. The number of hydrogen-bond donors (Lipinski definition) is 2. The van der Waals surface area contributed by atoms with Crippen LogP contribution in [0.4, 0.5) is 5.69 Å². The van der Waals surface area contributed by atoms with Gasteiger partial charge in [-0.3, -0.25) is 14.5 Å². The van der Waals surface area contributed by atoms with E-state index in [-0.39, 0.29) is 59.8 Å². The number of anilines is 1. The summed E-state index contributed by atoms with van der Waals surface area (Å²) in [5.41, 5.74) is 13.6. The van der Waals surface area contributed by atoms with E-state index in [9.17, 15) is 9.59 Å². The van der Waals surface area contributed by atoms with Crippen molar-refractivity contribution < 1.29 is 9.59 Å². The average molecular weight is 637 g/mol. The Balaban J connectivity index is 2.07. The molecule has 2 heterocycles. The summed E-state index contributed by atoms with van der Waals surface area (Å²) in [5.74, 6) is -1.20. The third-order valence-corrected chi connectivity index (χ3v) is 7.15. The number of nitrogens with two attached hydrogens (primary N) is 2. The van der Waals surface area contributed by atoms with Crippen molar-refractivity contribution in [3.05, 3.63) is 91.7 Å². The molecule has 4 N–H and O–H groups in total. The Morgan fingerprint density at radius 2 is 1.68 bits per heavy atom. The zero-order valence-corrected chi connectivity index (χ0v) is 24.1. The minimum Gasteiger partial charge on any atom is -0.364 e. The Morgan fingerprint density at radius 1 is 1.00 bits per heavy atom. The first-order chi connectivity index (χ1) is 18.0. The van der Waals surface area contributed by atoms with Crippen molar-refractivity contribution in [3.63, 3.8) is 0 Å². The van der Waals surface area contributed by atoms with E-state index in [0.29, 0.717) is 5.56 Å². The highest BCUT2D eigenvalue weighted by Crippen LogP contribution is 2.45. The maximum atomic E-state index is 13.9. The largest absolute Gasteiger partial charge is 0.364 e. The molecule has 0 spiro atoms. The van der Waals surface area contributed by atoms with E-state index in [1.54, 1.807) is 48.5 Å². The molecule has 0 aliphatic carbocycles. The molecule has 12 heteroatoms. The second-order valence-corrected chi connectivity index (χ2v) is 10.7. The highest BCUT2D eigenvalue weighted by molar-refractivity contribution is 9.10. The van der Waals surface area contributed by atoms with Gasteiger partial charge in [0, 0.05) is 22.3 Å². The van der Waals surface area contributed by atoms with Gasteiger partial charge in [0.25, 0.3) is 11.8 Å². The van der Waals surface area contributed by atoms with Crippen molar-refractivity contribution in [1.82, 2.24) is 14.8 Å². The van der Waals surface area contributed by atoms with Gasteiger partial charge in [0.15, 0.2) is 5.82 Å². The summed E-state index contributed by atoms with van der Waals surface area (Å²) < 4.78 is 1.44. The van der Waals surface area contributed by atoms with Crippen molar-refractivity contribution >= 4 is 68.2 Å². The third kappa shape index (κ3) is 5.30. The number of hydrogen-bond acceptors (Lipinski definition) is 5. The molecule has 1 atom stereocenters. The number of benzene rings is 2. The Bertz CT molecular complexity index is 1530. The third-order valence-electron chi connectivity index (χ3n) is 5.78. The molecular formula is C26H22BrCl3N6O2. The van der Waals surface area contributed by atoms with Gasteiger partial charge in [-0.25, -0.2) is 9.67 Å². The molecular weight excluding hydrogens is 615 g/mol. The number of rotatable bonds is 7. The molecule has 4 rings (SSSR count). The molecule has 0 fully saturated rings. The van der Waals surface area contributed by atoms with Crippen LogP contribution in [-0.4, -0.2) is 32.7 Å². The predicted molar refractivity (Wildman–Crippen MR) is 154 cm³/mol. The second kappa shape index (κ2) is 11.4. The fourth-order valence-electron chi connectivity index (χ4n) is 3.95. The first-order valence-corrected chi connectivity index (χ1v) is 13.3. The fourth-order valence-corrected chi connectivity index (χ4v) is 5.27. The summed E-state index contributed by atoms with van der Waals surface area (Å²) in [6, 6.07) is 15.0. The van der Waals surface area contributed by atoms with Gasteiger partial charge in [0.1, 0.15) is 10.3 Å².